The topological polar surface area (TPSA) is 58.5 Å². The highest BCUT2D eigenvalue weighted by Crippen LogP contribution is 2.46. The molecule has 6 nitrogen and oxygen atoms in total. The lowest BCUT2D eigenvalue weighted by atomic mass is 9.88. The molecule has 0 radical (unpaired) electrons. The van der Waals surface area contributed by atoms with Crippen molar-refractivity contribution in [3.63, 3.8) is 0 Å². The van der Waals surface area contributed by atoms with Crippen LogP contribution in [0.15, 0.2) is 46.2 Å². The molecule has 0 N–H and O–H groups in total. The fourth-order valence-corrected chi connectivity index (χ4v) is 3.12. The molecule has 1 atom stereocenters. The Balaban J connectivity index is 1.55. The van der Waals surface area contributed by atoms with Crippen molar-refractivity contribution in [2.45, 2.75) is 12.7 Å². The van der Waals surface area contributed by atoms with E-state index in [1.807, 2.05) is 18.3 Å². The molecule has 0 spiro atoms. The van der Waals surface area contributed by atoms with Crippen LogP contribution in [0.25, 0.3) is 6.08 Å². The number of aliphatic imine (C=N–C) groups is 1. The molecular formula is C17H13NO5. The quantitative estimate of drug-likeness (QED) is 0.840. The zero-order valence-electron chi connectivity index (χ0n) is 12.4. The third-order valence-electron chi connectivity index (χ3n) is 4.22. The number of fused-ring (bicyclic) bond motifs is 4. The first kappa shape index (κ1) is 12.6. The Hall–Kier alpha value is -2.89. The van der Waals surface area contributed by atoms with Crippen molar-refractivity contribution in [1.29, 1.82) is 0 Å². The van der Waals surface area contributed by atoms with Gasteiger partial charge in [0.05, 0.1) is 7.11 Å². The highest BCUT2D eigenvalue weighted by atomic mass is 16.8. The van der Waals surface area contributed by atoms with Crippen LogP contribution in [0.4, 0.5) is 0 Å². The first-order valence-corrected chi connectivity index (χ1v) is 7.30. The highest BCUT2D eigenvalue weighted by Gasteiger charge is 2.35. The van der Waals surface area contributed by atoms with Crippen molar-refractivity contribution in [3.8, 4) is 11.5 Å². The van der Waals surface area contributed by atoms with Crippen LogP contribution in [0.2, 0.25) is 0 Å². The van der Waals surface area contributed by atoms with Gasteiger partial charge in [0.1, 0.15) is 6.26 Å². The van der Waals surface area contributed by atoms with Crippen LogP contribution >= 0.6 is 0 Å². The lowest BCUT2D eigenvalue weighted by Crippen LogP contribution is -2.21. The largest absolute Gasteiger partial charge is 0.481 e. The normalized spacial score (nSPS) is 22.9. The number of hydrogen-bond acceptors (Lipinski definition) is 6. The van der Waals surface area contributed by atoms with Crippen LogP contribution in [0.1, 0.15) is 11.1 Å². The average molecular weight is 311 g/mol. The van der Waals surface area contributed by atoms with Crippen molar-refractivity contribution < 1.29 is 23.7 Å². The maximum Gasteiger partial charge on any atom is 0.303 e. The number of benzene rings is 1. The lowest BCUT2D eigenvalue weighted by Gasteiger charge is -2.17. The second-order valence-corrected chi connectivity index (χ2v) is 5.50. The van der Waals surface area contributed by atoms with E-state index in [0.29, 0.717) is 17.4 Å². The lowest BCUT2D eigenvalue weighted by molar-refractivity contribution is 0.00507. The average Bonchev–Trinajstić information content (AvgIpc) is 3.30. The molecule has 0 amide bonds. The Morgan fingerprint density at radius 2 is 2.22 bits per heavy atom. The van der Waals surface area contributed by atoms with E-state index in [2.05, 4.69) is 11.1 Å². The maximum atomic E-state index is 5.96. The van der Waals surface area contributed by atoms with Gasteiger partial charge in [0.15, 0.2) is 11.5 Å². The summed E-state index contributed by atoms with van der Waals surface area (Å²) in [7, 11) is 1.64. The fraction of sp³-hybridized carbons (Fsp3) is 0.235. The predicted molar refractivity (Wildman–Crippen MR) is 80.8 cm³/mol. The van der Waals surface area contributed by atoms with Crippen molar-refractivity contribution in [3.05, 3.63) is 52.3 Å². The Morgan fingerprint density at radius 3 is 3.04 bits per heavy atom. The summed E-state index contributed by atoms with van der Waals surface area (Å²) in [5, 5.41) is 0. The smallest absolute Gasteiger partial charge is 0.303 e. The molecule has 1 aliphatic carbocycles. The van der Waals surface area contributed by atoms with E-state index in [0.717, 1.165) is 34.4 Å². The molecule has 5 rings (SSSR count). The summed E-state index contributed by atoms with van der Waals surface area (Å²) in [4.78, 5) is 4.30. The van der Waals surface area contributed by atoms with Crippen molar-refractivity contribution in [2.75, 3.05) is 13.9 Å². The van der Waals surface area contributed by atoms with E-state index in [1.165, 1.54) is 6.26 Å². The minimum Gasteiger partial charge on any atom is -0.481 e. The molecule has 116 valence electrons. The molecule has 1 unspecified atom stereocenters. The van der Waals surface area contributed by atoms with Gasteiger partial charge in [-0.05, 0) is 17.7 Å². The molecule has 23 heavy (non-hydrogen) atoms. The van der Waals surface area contributed by atoms with Crippen molar-refractivity contribution in [1.82, 2.24) is 0 Å². The summed E-state index contributed by atoms with van der Waals surface area (Å²) in [6.07, 6.45) is 5.57. The maximum absolute atomic E-state index is 5.96. The minimum absolute atomic E-state index is 0.196. The Bertz CT molecular complexity index is 834. The molecule has 0 saturated heterocycles. The summed E-state index contributed by atoms with van der Waals surface area (Å²) in [6, 6.07) is 3.97. The fourth-order valence-electron chi connectivity index (χ4n) is 3.12. The van der Waals surface area contributed by atoms with Crippen LogP contribution < -0.4 is 9.47 Å². The van der Waals surface area contributed by atoms with Gasteiger partial charge in [-0.2, -0.15) is 0 Å². The van der Waals surface area contributed by atoms with Crippen LogP contribution in [0.5, 0.6) is 11.5 Å². The molecule has 6 heteroatoms. The van der Waals surface area contributed by atoms with Crippen LogP contribution in [0, 0.1) is 0 Å². The Labute approximate surface area is 132 Å². The molecule has 1 aromatic carbocycles. The molecule has 3 aliphatic heterocycles. The summed E-state index contributed by atoms with van der Waals surface area (Å²) in [6.45, 7) is 0.196. The van der Waals surface area contributed by atoms with Gasteiger partial charge < -0.3 is 23.7 Å². The van der Waals surface area contributed by atoms with E-state index >= 15 is 0 Å². The number of methoxy groups -OCH3 is 1. The first-order chi connectivity index (χ1) is 11.3. The number of nitrogens with zero attached hydrogens (tertiary/aromatic N) is 1. The Kier molecular flexibility index (Phi) is 2.50. The van der Waals surface area contributed by atoms with Gasteiger partial charge in [-0.3, -0.25) is 0 Å². The second-order valence-electron chi connectivity index (χ2n) is 5.50. The first-order valence-electron chi connectivity index (χ1n) is 7.30. The third-order valence-corrected chi connectivity index (χ3v) is 4.22. The highest BCUT2D eigenvalue weighted by molar-refractivity contribution is 5.97. The predicted octanol–water partition coefficient (Wildman–Crippen LogP) is 2.51. The molecule has 4 aliphatic rings. The van der Waals surface area contributed by atoms with Gasteiger partial charge in [-0.1, -0.05) is 6.07 Å². The van der Waals surface area contributed by atoms with E-state index in [1.54, 1.807) is 7.11 Å². The molecular weight excluding hydrogens is 298 g/mol. The molecule has 0 aromatic heterocycles. The number of rotatable bonds is 2. The minimum atomic E-state index is -0.596. The van der Waals surface area contributed by atoms with Gasteiger partial charge in [0.2, 0.25) is 18.4 Å². The van der Waals surface area contributed by atoms with E-state index in [-0.39, 0.29) is 6.79 Å². The van der Waals surface area contributed by atoms with Crippen LogP contribution in [0.3, 0.4) is 0 Å². The monoisotopic (exact) mass is 311 g/mol. The zero-order chi connectivity index (χ0) is 15.4. The van der Waals surface area contributed by atoms with Gasteiger partial charge in [0, 0.05) is 29.3 Å². The van der Waals surface area contributed by atoms with Gasteiger partial charge >= 0.3 is 6.29 Å². The second kappa shape index (κ2) is 4.55. The Morgan fingerprint density at radius 1 is 1.26 bits per heavy atom. The number of hydrogen-bond donors (Lipinski definition) is 0. The number of allylic oxidation sites excluding steroid dienone is 2. The SMILES string of the molecule is COC1=C2Cc3ccc4c(c3C=C2C=N1)OC(C1=COCO1)O4. The summed E-state index contributed by atoms with van der Waals surface area (Å²) in [5.74, 6) is 2.66. The van der Waals surface area contributed by atoms with Gasteiger partial charge in [-0.25, -0.2) is 4.99 Å². The van der Waals surface area contributed by atoms with Crippen molar-refractivity contribution >= 4 is 12.3 Å². The molecule has 0 bridgehead atoms. The molecule has 1 aromatic rings. The summed E-state index contributed by atoms with van der Waals surface area (Å²) in [5.41, 5.74) is 4.33. The molecule has 0 saturated carbocycles. The van der Waals surface area contributed by atoms with Crippen molar-refractivity contribution in [2.24, 2.45) is 4.99 Å². The molecule has 3 heterocycles. The van der Waals surface area contributed by atoms with E-state index < -0.39 is 6.29 Å². The number of ether oxygens (including phenoxy) is 5. The van der Waals surface area contributed by atoms with Gasteiger partial charge in [0.25, 0.3) is 0 Å². The zero-order valence-corrected chi connectivity index (χ0v) is 12.4. The van der Waals surface area contributed by atoms with Crippen LogP contribution in [-0.2, 0) is 20.6 Å². The van der Waals surface area contributed by atoms with E-state index in [9.17, 15) is 0 Å². The summed E-state index contributed by atoms with van der Waals surface area (Å²) < 4.78 is 27.5. The molecule has 0 fully saturated rings. The third kappa shape index (κ3) is 1.78. The van der Waals surface area contributed by atoms with E-state index in [4.69, 9.17) is 23.7 Å². The van der Waals surface area contributed by atoms with Crippen LogP contribution in [-0.4, -0.2) is 26.4 Å². The van der Waals surface area contributed by atoms with Gasteiger partial charge in [-0.15, -0.1) is 0 Å². The summed E-state index contributed by atoms with van der Waals surface area (Å²) >= 11 is 0. The standard InChI is InChI=1S/C17H13NO5/c1-19-16-12-4-9-2-3-13-15(11(9)5-10(12)6-18-16)23-17(22-13)14-7-20-8-21-14/h2-3,5-7,17H,4,8H2,1H3.